The standard InChI is InChI=1S/C15H16FN3O3/c1-22-14(21)19-12-8-10(4-5-11(12)16)18-13(20)15(9-17)6-2-3-7-15/h4-5,8H,2-3,6-7H2,1H3,(H,18,20)(H,19,21). The normalized spacial score (nSPS) is 15.7. The summed E-state index contributed by atoms with van der Waals surface area (Å²) in [6, 6.07) is 5.86. The van der Waals surface area contributed by atoms with Crippen LogP contribution in [0, 0.1) is 22.6 Å². The first kappa shape index (κ1) is 15.8. The quantitative estimate of drug-likeness (QED) is 0.898. The number of ether oxygens (including phenoxy) is 1. The van der Waals surface area contributed by atoms with Crippen LogP contribution in [0.1, 0.15) is 25.7 Å². The zero-order chi connectivity index (χ0) is 16.2. The average molecular weight is 305 g/mol. The zero-order valence-electron chi connectivity index (χ0n) is 12.1. The summed E-state index contributed by atoms with van der Waals surface area (Å²) in [5.74, 6) is -1.05. The third-order valence-corrected chi connectivity index (χ3v) is 3.75. The average Bonchev–Trinajstić information content (AvgIpc) is 3.00. The van der Waals surface area contributed by atoms with Crippen LogP contribution in [0.2, 0.25) is 0 Å². The molecule has 116 valence electrons. The number of carbonyl (C=O) groups excluding carboxylic acids is 2. The number of nitrogens with zero attached hydrogens (tertiary/aromatic N) is 1. The van der Waals surface area contributed by atoms with Crippen LogP contribution < -0.4 is 10.6 Å². The van der Waals surface area contributed by atoms with E-state index in [4.69, 9.17) is 0 Å². The van der Waals surface area contributed by atoms with Crippen LogP contribution in [-0.2, 0) is 9.53 Å². The number of benzene rings is 1. The third kappa shape index (κ3) is 3.17. The van der Waals surface area contributed by atoms with Crippen molar-refractivity contribution in [1.82, 2.24) is 0 Å². The first-order valence-corrected chi connectivity index (χ1v) is 6.88. The van der Waals surface area contributed by atoms with Crippen LogP contribution in [0.4, 0.5) is 20.6 Å². The van der Waals surface area contributed by atoms with E-state index in [9.17, 15) is 19.2 Å². The molecule has 7 heteroatoms. The van der Waals surface area contributed by atoms with Gasteiger partial charge in [0.15, 0.2) is 0 Å². The predicted molar refractivity (Wildman–Crippen MR) is 77.6 cm³/mol. The molecule has 0 spiro atoms. The Bertz CT molecular complexity index is 633. The van der Waals surface area contributed by atoms with E-state index >= 15 is 0 Å². The van der Waals surface area contributed by atoms with Gasteiger partial charge in [-0.25, -0.2) is 9.18 Å². The third-order valence-electron chi connectivity index (χ3n) is 3.75. The molecule has 1 aliphatic rings. The lowest BCUT2D eigenvalue weighted by molar-refractivity contribution is -0.122. The Balaban J connectivity index is 2.16. The van der Waals surface area contributed by atoms with Gasteiger partial charge in [0.25, 0.3) is 0 Å². The number of anilines is 2. The van der Waals surface area contributed by atoms with Gasteiger partial charge in [-0.3, -0.25) is 10.1 Å². The monoisotopic (exact) mass is 305 g/mol. The highest BCUT2D eigenvalue weighted by atomic mass is 19.1. The maximum Gasteiger partial charge on any atom is 0.411 e. The summed E-state index contributed by atoms with van der Waals surface area (Å²) in [5, 5.41) is 14.1. The maximum atomic E-state index is 13.6. The molecule has 0 aliphatic heterocycles. The highest BCUT2D eigenvalue weighted by molar-refractivity contribution is 5.98. The summed E-state index contributed by atoms with van der Waals surface area (Å²) in [4.78, 5) is 23.4. The number of hydrogen-bond donors (Lipinski definition) is 2. The van der Waals surface area contributed by atoms with Crippen molar-refractivity contribution in [3.05, 3.63) is 24.0 Å². The molecule has 1 fully saturated rings. The molecule has 0 radical (unpaired) electrons. The zero-order valence-corrected chi connectivity index (χ0v) is 12.1. The molecular weight excluding hydrogens is 289 g/mol. The number of methoxy groups -OCH3 is 1. The van der Waals surface area contributed by atoms with E-state index < -0.39 is 23.2 Å². The summed E-state index contributed by atoms with van der Waals surface area (Å²) in [6.07, 6.45) is 1.89. The molecule has 1 aromatic carbocycles. The molecule has 0 saturated heterocycles. The van der Waals surface area contributed by atoms with Crippen molar-refractivity contribution in [2.45, 2.75) is 25.7 Å². The highest BCUT2D eigenvalue weighted by Crippen LogP contribution is 2.38. The molecule has 0 heterocycles. The fourth-order valence-electron chi connectivity index (χ4n) is 2.48. The lowest BCUT2D eigenvalue weighted by Gasteiger charge is -2.19. The van der Waals surface area contributed by atoms with Gasteiger partial charge in [0.05, 0.1) is 18.9 Å². The summed E-state index contributed by atoms with van der Waals surface area (Å²) in [6.45, 7) is 0. The second kappa shape index (κ2) is 6.43. The summed E-state index contributed by atoms with van der Waals surface area (Å²) in [5.41, 5.74) is -0.828. The van der Waals surface area contributed by atoms with Gasteiger partial charge in [0.1, 0.15) is 11.2 Å². The lowest BCUT2D eigenvalue weighted by atomic mass is 9.87. The maximum absolute atomic E-state index is 13.6. The fraction of sp³-hybridized carbons (Fsp3) is 0.400. The molecule has 2 rings (SSSR count). The number of nitrogens with one attached hydrogen (secondary N) is 2. The highest BCUT2D eigenvalue weighted by Gasteiger charge is 2.41. The topological polar surface area (TPSA) is 91.2 Å². The largest absolute Gasteiger partial charge is 0.453 e. The van der Waals surface area contributed by atoms with Crippen LogP contribution >= 0.6 is 0 Å². The molecule has 6 nitrogen and oxygen atoms in total. The molecule has 1 aromatic rings. The Morgan fingerprint density at radius 2 is 2.00 bits per heavy atom. The van der Waals surface area contributed by atoms with E-state index in [2.05, 4.69) is 21.4 Å². The predicted octanol–water partition coefficient (Wildman–Crippen LogP) is 3.03. The Kier molecular flexibility index (Phi) is 4.61. The fourth-order valence-corrected chi connectivity index (χ4v) is 2.48. The lowest BCUT2D eigenvalue weighted by Crippen LogP contribution is -2.32. The number of rotatable bonds is 3. The SMILES string of the molecule is COC(=O)Nc1cc(NC(=O)C2(C#N)CCCC2)ccc1F. The first-order valence-electron chi connectivity index (χ1n) is 6.88. The van der Waals surface area contributed by atoms with Crippen molar-refractivity contribution < 1.29 is 18.7 Å². The second-order valence-electron chi connectivity index (χ2n) is 5.17. The minimum absolute atomic E-state index is 0.109. The van der Waals surface area contributed by atoms with Gasteiger partial charge in [-0.05, 0) is 31.0 Å². The Morgan fingerprint density at radius 1 is 1.32 bits per heavy atom. The van der Waals surface area contributed by atoms with E-state index in [0.29, 0.717) is 18.5 Å². The van der Waals surface area contributed by atoms with Crippen LogP contribution in [0.3, 0.4) is 0 Å². The van der Waals surface area contributed by atoms with E-state index in [1.165, 1.54) is 12.1 Å². The van der Waals surface area contributed by atoms with Crippen molar-refractivity contribution in [3.63, 3.8) is 0 Å². The van der Waals surface area contributed by atoms with Gasteiger partial charge < -0.3 is 10.1 Å². The molecule has 1 saturated carbocycles. The summed E-state index contributed by atoms with van der Waals surface area (Å²) >= 11 is 0. The van der Waals surface area contributed by atoms with Gasteiger partial charge in [-0.15, -0.1) is 0 Å². The van der Waals surface area contributed by atoms with Gasteiger partial charge in [-0.2, -0.15) is 5.26 Å². The number of hydrogen-bond acceptors (Lipinski definition) is 4. The van der Waals surface area contributed by atoms with Gasteiger partial charge in [0.2, 0.25) is 5.91 Å². The molecule has 0 atom stereocenters. The van der Waals surface area contributed by atoms with Crippen LogP contribution in [-0.4, -0.2) is 19.1 Å². The number of carbonyl (C=O) groups is 2. The van der Waals surface area contributed by atoms with Gasteiger partial charge >= 0.3 is 6.09 Å². The van der Waals surface area contributed by atoms with Crippen LogP contribution in [0.15, 0.2) is 18.2 Å². The van der Waals surface area contributed by atoms with E-state index in [1.54, 1.807) is 0 Å². The number of nitriles is 1. The summed E-state index contributed by atoms with van der Waals surface area (Å²) in [7, 11) is 1.16. The Labute approximate surface area is 127 Å². The van der Waals surface area contributed by atoms with Crippen molar-refractivity contribution in [2.24, 2.45) is 5.41 Å². The molecule has 22 heavy (non-hydrogen) atoms. The van der Waals surface area contributed by atoms with Gasteiger partial charge in [0, 0.05) is 5.69 Å². The van der Waals surface area contributed by atoms with Crippen molar-refractivity contribution in [1.29, 1.82) is 5.26 Å². The molecule has 2 N–H and O–H groups in total. The van der Waals surface area contributed by atoms with Crippen molar-refractivity contribution in [3.8, 4) is 6.07 Å². The smallest absolute Gasteiger partial charge is 0.411 e. The summed E-state index contributed by atoms with van der Waals surface area (Å²) < 4.78 is 18.0. The Hall–Kier alpha value is -2.62. The van der Waals surface area contributed by atoms with Gasteiger partial charge in [-0.1, -0.05) is 12.8 Å². The Morgan fingerprint density at radius 3 is 2.59 bits per heavy atom. The molecule has 2 amide bonds. The van der Waals surface area contributed by atoms with Crippen LogP contribution in [0.5, 0.6) is 0 Å². The molecule has 1 aliphatic carbocycles. The minimum Gasteiger partial charge on any atom is -0.453 e. The van der Waals surface area contributed by atoms with E-state index in [1.807, 2.05) is 0 Å². The number of amides is 2. The molecule has 0 unspecified atom stereocenters. The molecule has 0 bridgehead atoms. The van der Waals surface area contributed by atoms with E-state index in [-0.39, 0.29) is 5.69 Å². The molecular formula is C15H16FN3O3. The second-order valence-corrected chi connectivity index (χ2v) is 5.17. The number of halogens is 1. The van der Waals surface area contributed by atoms with Crippen molar-refractivity contribution in [2.75, 3.05) is 17.7 Å². The van der Waals surface area contributed by atoms with Crippen LogP contribution in [0.25, 0.3) is 0 Å². The van der Waals surface area contributed by atoms with Crippen molar-refractivity contribution >= 4 is 23.4 Å². The minimum atomic E-state index is -1.02. The first-order chi connectivity index (χ1) is 10.5. The molecule has 0 aromatic heterocycles. The van der Waals surface area contributed by atoms with E-state index in [0.717, 1.165) is 26.0 Å².